The maximum Gasteiger partial charge on any atom is 0.268 e. The number of hydrogen-bond acceptors (Lipinski definition) is 3. The first-order valence-electron chi connectivity index (χ1n) is 7.91. The number of fused-ring (bicyclic) bond motifs is 1. The molecule has 0 bridgehead atoms. The molecule has 1 aliphatic rings. The van der Waals surface area contributed by atoms with Gasteiger partial charge in [0.2, 0.25) is 0 Å². The lowest BCUT2D eigenvalue weighted by Crippen LogP contribution is -2.62. The van der Waals surface area contributed by atoms with Crippen LogP contribution in [0.15, 0.2) is 21.2 Å². The molecule has 2 aromatic rings. The summed E-state index contributed by atoms with van der Waals surface area (Å²) < 4.78 is 8.09. The van der Waals surface area contributed by atoms with Gasteiger partial charge in [0.05, 0.1) is 5.52 Å². The highest BCUT2D eigenvalue weighted by molar-refractivity contribution is 9.10. The fourth-order valence-electron chi connectivity index (χ4n) is 3.98. The number of halogens is 1. The number of carbonyl (C=O) groups is 1. The summed E-state index contributed by atoms with van der Waals surface area (Å²) in [6.45, 7) is 8.72. The molecule has 0 saturated carbocycles. The van der Waals surface area contributed by atoms with Gasteiger partial charge in [-0.15, -0.1) is 0 Å². The summed E-state index contributed by atoms with van der Waals surface area (Å²) in [5, 5.41) is 6.83. The van der Waals surface area contributed by atoms with E-state index in [4.69, 9.17) is 4.42 Å². The van der Waals surface area contributed by atoms with E-state index in [-0.39, 0.29) is 23.0 Å². The van der Waals surface area contributed by atoms with Gasteiger partial charge in [0.15, 0.2) is 10.3 Å². The van der Waals surface area contributed by atoms with E-state index in [0.717, 1.165) is 23.9 Å². The third-order valence-corrected chi connectivity index (χ3v) is 4.85. The number of furan rings is 1. The highest BCUT2D eigenvalue weighted by Crippen LogP contribution is 2.29. The predicted molar refractivity (Wildman–Crippen MR) is 94.7 cm³/mol. The number of aryl methyl sites for hydroxylation is 1. The van der Waals surface area contributed by atoms with Crippen LogP contribution in [0.5, 0.6) is 0 Å². The average Bonchev–Trinajstić information content (AvgIpc) is 2.84. The summed E-state index contributed by atoms with van der Waals surface area (Å²) in [5.41, 5.74) is 2.27. The monoisotopic (exact) mass is 381 g/mol. The van der Waals surface area contributed by atoms with E-state index < -0.39 is 0 Å². The van der Waals surface area contributed by atoms with E-state index in [0.29, 0.717) is 10.4 Å². The molecule has 0 radical (unpaired) electrons. The van der Waals surface area contributed by atoms with Crippen molar-refractivity contribution in [3.8, 4) is 0 Å². The fraction of sp³-hybridized carbons (Fsp3) is 0.588. The third kappa shape index (κ3) is 3.33. The van der Waals surface area contributed by atoms with Crippen molar-refractivity contribution in [1.82, 2.24) is 15.2 Å². The van der Waals surface area contributed by atoms with Crippen molar-refractivity contribution in [2.45, 2.75) is 57.7 Å². The molecule has 5 nitrogen and oxygen atoms in total. The minimum absolute atomic E-state index is 0.00633. The lowest BCUT2D eigenvalue weighted by atomic mass is 9.79. The molecule has 1 fully saturated rings. The Labute approximate surface area is 144 Å². The van der Waals surface area contributed by atoms with E-state index >= 15 is 0 Å². The Balaban J connectivity index is 1.80. The maximum absolute atomic E-state index is 12.7. The standard InChI is InChI=1S/C17H24BrN3O2/c1-16(2)8-10(9-17(3,4)20-16)19-15(22)12-6-13-11(21(12)5)7-14(18)23-13/h6-7,10,20H,8-9H2,1-5H3,(H,19,22). The minimum atomic E-state index is -0.0477. The molecule has 0 spiro atoms. The molecule has 1 amide bonds. The first-order valence-corrected chi connectivity index (χ1v) is 8.71. The van der Waals surface area contributed by atoms with E-state index in [1.807, 2.05) is 17.7 Å². The van der Waals surface area contributed by atoms with Crippen molar-refractivity contribution in [3.63, 3.8) is 0 Å². The number of rotatable bonds is 2. The molecule has 23 heavy (non-hydrogen) atoms. The van der Waals surface area contributed by atoms with Gasteiger partial charge in [0.25, 0.3) is 5.91 Å². The van der Waals surface area contributed by atoms with E-state index in [1.165, 1.54) is 0 Å². The summed E-state index contributed by atoms with van der Waals surface area (Å²) in [6.07, 6.45) is 1.82. The van der Waals surface area contributed by atoms with Gasteiger partial charge in [-0.3, -0.25) is 4.79 Å². The van der Waals surface area contributed by atoms with Gasteiger partial charge in [-0.25, -0.2) is 0 Å². The van der Waals surface area contributed by atoms with Gasteiger partial charge >= 0.3 is 0 Å². The molecular formula is C17H24BrN3O2. The van der Waals surface area contributed by atoms with Gasteiger partial charge in [0, 0.05) is 36.3 Å². The molecule has 3 heterocycles. The Bertz CT molecular complexity index is 741. The molecule has 2 aromatic heterocycles. The molecule has 0 aliphatic carbocycles. The predicted octanol–water partition coefficient (Wildman–Crippen LogP) is 3.57. The van der Waals surface area contributed by atoms with Gasteiger partial charge in [-0.05, 0) is 56.5 Å². The minimum Gasteiger partial charge on any atom is -0.448 e. The molecule has 0 atom stereocenters. The Morgan fingerprint density at radius 1 is 1.30 bits per heavy atom. The van der Waals surface area contributed by atoms with Gasteiger partial charge in [-0.1, -0.05) is 0 Å². The molecular weight excluding hydrogens is 358 g/mol. The fourth-order valence-corrected chi connectivity index (χ4v) is 4.37. The van der Waals surface area contributed by atoms with Gasteiger partial charge in [0.1, 0.15) is 5.69 Å². The topological polar surface area (TPSA) is 59.2 Å². The second kappa shape index (κ2) is 5.38. The number of piperidine rings is 1. The van der Waals surface area contributed by atoms with Crippen LogP contribution in [0.1, 0.15) is 51.0 Å². The molecule has 2 N–H and O–H groups in total. The van der Waals surface area contributed by atoms with Crippen LogP contribution in [0, 0.1) is 0 Å². The first kappa shape index (κ1) is 16.6. The van der Waals surface area contributed by atoms with E-state index in [1.54, 1.807) is 6.07 Å². The SMILES string of the molecule is Cn1c(C(=O)NC2CC(C)(C)NC(C)(C)C2)cc2oc(Br)cc21. The van der Waals surface area contributed by atoms with Gasteiger partial charge < -0.3 is 19.6 Å². The van der Waals surface area contributed by atoms with E-state index in [9.17, 15) is 4.79 Å². The lowest BCUT2D eigenvalue weighted by Gasteiger charge is -2.46. The zero-order valence-electron chi connectivity index (χ0n) is 14.3. The molecule has 0 aromatic carbocycles. The molecule has 126 valence electrons. The highest BCUT2D eigenvalue weighted by atomic mass is 79.9. The number of nitrogens with zero attached hydrogens (tertiary/aromatic N) is 1. The van der Waals surface area contributed by atoms with Crippen LogP contribution in [0.25, 0.3) is 11.1 Å². The van der Waals surface area contributed by atoms with Gasteiger partial charge in [-0.2, -0.15) is 0 Å². The zero-order chi connectivity index (χ0) is 17.0. The van der Waals surface area contributed by atoms with Crippen molar-refractivity contribution >= 4 is 32.9 Å². The Hall–Kier alpha value is -1.27. The zero-order valence-corrected chi connectivity index (χ0v) is 15.9. The van der Waals surface area contributed by atoms with Crippen LogP contribution in [0.2, 0.25) is 0 Å². The van der Waals surface area contributed by atoms with Crippen molar-refractivity contribution < 1.29 is 9.21 Å². The third-order valence-electron chi connectivity index (χ3n) is 4.46. The number of hydrogen-bond donors (Lipinski definition) is 2. The summed E-state index contributed by atoms with van der Waals surface area (Å²) in [7, 11) is 1.88. The normalized spacial score (nSPS) is 20.8. The molecule has 1 aliphatic heterocycles. The van der Waals surface area contributed by atoms with Crippen LogP contribution in [-0.4, -0.2) is 27.6 Å². The molecule has 6 heteroatoms. The van der Waals surface area contributed by atoms with E-state index in [2.05, 4.69) is 54.3 Å². The number of aromatic nitrogens is 1. The largest absolute Gasteiger partial charge is 0.448 e. The summed E-state index contributed by atoms with van der Waals surface area (Å²) in [4.78, 5) is 12.7. The second-order valence-corrected chi connectivity index (χ2v) is 8.64. The lowest BCUT2D eigenvalue weighted by molar-refractivity contribution is 0.0865. The van der Waals surface area contributed by atoms with Crippen LogP contribution in [-0.2, 0) is 7.05 Å². The summed E-state index contributed by atoms with van der Waals surface area (Å²) >= 11 is 3.32. The summed E-state index contributed by atoms with van der Waals surface area (Å²) in [6, 6.07) is 3.83. The number of carbonyl (C=O) groups excluding carboxylic acids is 1. The van der Waals surface area contributed by atoms with Crippen molar-refractivity contribution in [2.24, 2.45) is 7.05 Å². The highest BCUT2D eigenvalue weighted by Gasteiger charge is 2.38. The van der Waals surface area contributed by atoms with Crippen LogP contribution < -0.4 is 10.6 Å². The van der Waals surface area contributed by atoms with Crippen LogP contribution in [0.3, 0.4) is 0 Å². The van der Waals surface area contributed by atoms with Crippen LogP contribution in [0.4, 0.5) is 0 Å². The van der Waals surface area contributed by atoms with Crippen molar-refractivity contribution in [1.29, 1.82) is 0 Å². The Morgan fingerprint density at radius 2 is 1.91 bits per heavy atom. The average molecular weight is 382 g/mol. The van der Waals surface area contributed by atoms with Crippen molar-refractivity contribution in [2.75, 3.05) is 0 Å². The molecule has 3 rings (SSSR count). The summed E-state index contributed by atoms with van der Waals surface area (Å²) in [5.74, 6) is -0.0477. The Kier molecular flexibility index (Phi) is 3.88. The number of nitrogens with one attached hydrogen (secondary N) is 2. The van der Waals surface area contributed by atoms with Crippen molar-refractivity contribution in [3.05, 3.63) is 22.5 Å². The first-order chi connectivity index (χ1) is 10.6. The maximum atomic E-state index is 12.7. The smallest absolute Gasteiger partial charge is 0.268 e. The second-order valence-electron chi connectivity index (χ2n) is 7.86. The van der Waals surface area contributed by atoms with Crippen LogP contribution >= 0.6 is 15.9 Å². The number of amides is 1. The molecule has 0 unspecified atom stereocenters. The molecule has 1 saturated heterocycles. The Morgan fingerprint density at radius 3 is 2.48 bits per heavy atom. The quantitative estimate of drug-likeness (QED) is 0.835.